The van der Waals surface area contributed by atoms with Gasteiger partial charge in [-0.15, -0.1) is 0 Å². The standard InChI is InChI=1S/C12H8BrClN4/c1-7-4-11(18-12(14)16-7)17-10-5-9(13)3-2-8(10)6-15/h2-5H,1H3,(H,16,17,18). The van der Waals surface area contributed by atoms with E-state index >= 15 is 0 Å². The van der Waals surface area contributed by atoms with Gasteiger partial charge in [0, 0.05) is 16.2 Å². The summed E-state index contributed by atoms with van der Waals surface area (Å²) in [6.45, 7) is 1.82. The van der Waals surface area contributed by atoms with Crippen LogP contribution in [0.3, 0.4) is 0 Å². The van der Waals surface area contributed by atoms with Gasteiger partial charge in [0.1, 0.15) is 11.9 Å². The van der Waals surface area contributed by atoms with E-state index in [2.05, 4.69) is 37.3 Å². The lowest BCUT2D eigenvalue weighted by Gasteiger charge is -2.08. The number of halogens is 2. The maximum absolute atomic E-state index is 9.03. The van der Waals surface area contributed by atoms with Gasteiger partial charge in [0.2, 0.25) is 5.28 Å². The molecule has 0 unspecified atom stereocenters. The second kappa shape index (κ2) is 5.34. The lowest BCUT2D eigenvalue weighted by molar-refractivity contribution is 1.10. The summed E-state index contributed by atoms with van der Waals surface area (Å²) in [5.74, 6) is 0.558. The van der Waals surface area contributed by atoms with Crippen LogP contribution in [0.15, 0.2) is 28.7 Å². The predicted molar refractivity (Wildman–Crippen MR) is 73.9 cm³/mol. The van der Waals surface area contributed by atoms with E-state index in [1.807, 2.05) is 19.1 Å². The smallest absolute Gasteiger partial charge is 0.224 e. The molecule has 0 saturated heterocycles. The maximum Gasteiger partial charge on any atom is 0.224 e. The molecular weight excluding hydrogens is 316 g/mol. The molecule has 0 aliphatic carbocycles. The number of hydrogen-bond donors (Lipinski definition) is 1. The highest BCUT2D eigenvalue weighted by atomic mass is 79.9. The van der Waals surface area contributed by atoms with Crippen molar-refractivity contribution in [3.8, 4) is 6.07 Å². The second-order valence-electron chi connectivity index (χ2n) is 3.59. The van der Waals surface area contributed by atoms with Crippen molar-refractivity contribution in [3.63, 3.8) is 0 Å². The molecule has 2 aromatic rings. The zero-order valence-corrected chi connectivity index (χ0v) is 11.7. The lowest BCUT2D eigenvalue weighted by atomic mass is 10.2. The normalized spacial score (nSPS) is 9.89. The number of nitrogens with zero attached hydrogens (tertiary/aromatic N) is 3. The first-order valence-corrected chi connectivity index (χ1v) is 6.23. The predicted octanol–water partition coefficient (Wildman–Crippen LogP) is 3.82. The molecule has 0 saturated carbocycles. The van der Waals surface area contributed by atoms with Gasteiger partial charge in [-0.25, -0.2) is 9.97 Å². The third kappa shape index (κ3) is 2.97. The molecule has 1 aromatic heterocycles. The van der Waals surface area contributed by atoms with Crippen LogP contribution in [0.25, 0.3) is 0 Å². The third-order valence-corrected chi connectivity index (χ3v) is 2.85. The fourth-order valence-corrected chi connectivity index (χ4v) is 2.04. The minimum Gasteiger partial charge on any atom is -0.339 e. The first-order valence-electron chi connectivity index (χ1n) is 5.06. The molecule has 0 atom stereocenters. The van der Waals surface area contributed by atoms with Gasteiger partial charge >= 0.3 is 0 Å². The Morgan fingerprint density at radius 3 is 2.78 bits per heavy atom. The van der Waals surface area contributed by atoms with Gasteiger partial charge in [-0.3, -0.25) is 0 Å². The minimum atomic E-state index is 0.172. The van der Waals surface area contributed by atoms with Crippen LogP contribution in [0.4, 0.5) is 11.5 Å². The fourth-order valence-electron chi connectivity index (χ4n) is 1.45. The molecule has 0 fully saturated rings. The van der Waals surface area contributed by atoms with Crippen molar-refractivity contribution in [2.24, 2.45) is 0 Å². The topological polar surface area (TPSA) is 61.6 Å². The number of nitriles is 1. The molecule has 2 rings (SSSR count). The minimum absolute atomic E-state index is 0.172. The van der Waals surface area contributed by atoms with Gasteiger partial charge in [0.25, 0.3) is 0 Å². The highest BCUT2D eigenvalue weighted by Gasteiger charge is 2.05. The average Bonchev–Trinajstić information content (AvgIpc) is 2.27. The quantitative estimate of drug-likeness (QED) is 0.854. The number of anilines is 2. The number of aromatic nitrogens is 2. The van der Waals surface area contributed by atoms with Gasteiger partial charge in [-0.1, -0.05) is 15.9 Å². The van der Waals surface area contributed by atoms with Gasteiger partial charge in [0.15, 0.2) is 0 Å². The van der Waals surface area contributed by atoms with Crippen molar-refractivity contribution in [1.29, 1.82) is 5.26 Å². The first-order chi connectivity index (χ1) is 8.58. The molecule has 1 N–H and O–H groups in total. The van der Waals surface area contributed by atoms with E-state index in [0.29, 0.717) is 17.1 Å². The van der Waals surface area contributed by atoms with Gasteiger partial charge in [-0.2, -0.15) is 5.26 Å². The number of hydrogen-bond acceptors (Lipinski definition) is 4. The Labute approximate surface area is 118 Å². The Balaban J connectivity index is 2.39. The molecular formula is C12H8BrClN4. The summed E-state index contributed by atoms with van der Waals surface area (Å²) in [4.78, 5) is 8.03. The Morgan fingerprint density at radius 2 is 2.11 bits per heavy atom. The van der Waals surface area contributed by atoms with Crippen LogP contribution in [0.2, 0.25) is 5.28 Å². The Morgan fingerprint density at radius 1 is 1.33 bits per heavy atom. The summed E-state index contributed by atoms with van der Waals surface area (Å²) >= 11 is 9.14. The molecule has 0 aliphatic rings. The lowest BCUT2D eigenvalue weighted by Crippen LogP contribution is -1.98. The van der Waals surface area contributed by atoms with Crippen LogP contribution in [-0.4, -0.2) is 9.97 Å². The molecule has 0 aliphatic heterocycles. The van der Waals surface area contributed by atoms with E-state index in [4.69, 9.17) is 16.9 Å². The Kier molecular flexibility index (Phi) is 3.80. The zero-order chi connectivity index (χ0) is 13.1. The summed E-state index contributed by atoms with van der Waals surface area (Å²) in [5, 5.41) is 12.3. The first kappa shape index (κ1) is 12.8. The van der Waals surface area contributed by atoms with Crippen LogP contribution in [0.5, 0.6) is 0 Å². The molecule has 90 valence electrons. The molecule has 1 heterocycles. The van der Waals surface area contributed by atoms with Crippen LogP contribution in [0, 0.1) is 18.3 Å². The molecule has 4 nitrogen and oxygen atoms in total. The summed E-state index contributed by atoms with van der Waals surface area (Å²) < 4.78 is 0.876. The average molecular weight is 324 g/mol. The molecule has 18 heavy (non-hydrogen) atoms. The van der Waals surface area contributed by atoms with Crippen molar-refractivity contribution >= 4 is 39.0 Å². The molecule has 0 spiro atoms. The molecule has 6 heteroatoms. The van der Waals surface area contributed by atoms with E-state index in [1.165, 1.54) is 0 Å². The van der Waals surface area contributed by atoms with Gasteiger partial charge in [0.05, 0.1) is 11.3 Å². The Hall–Kier alpha value is -1.64. The molecule has 0 bridgehead atoms. The monoisotopic (exact) mass is 322 g/mol. The van der Waals surface area contributed by atoms with Crippen LogP contribution in [-0.2, 0) is 0 Å². The third-order valence-electron chi connectivity index (χ3n) is 2.19. The molecule has 0 radical (unpaired) electrons. The van der Waals surface area contributed by atoms with E-state index in [-0.39, 0.29) is 5.28 Å². The van der Waals surface area contributed by atoms with Crippen molar-refractivity contribution in [1.82, 2.24) is 9.97 Å². The highest BCUT2D eigenvalue weighted by molar-refractivity contribution is 9.10. The fraction of sp³-hybridized carbons (Fsp3) is 0.0833. The maximum atomic E-state index is 9.03. The van der Waals surface area contributed by atoms with E-state index < -0.39 is 0 Å². The summed E-state index contributed by atoms with van der Waals surface area (Å²) in [7, 11) is 0. The number of aryl methyl sites for hydroxylation is 1. The van der Waals surface area contributed by atoms with Crippen LogP contribution >= 0.6 is 27.5 Å². The summed E-state index contributed by atoms with van der Waals surface area (Å²) in [5.41, 5.74) is 1.96. The summed E-state index contributed by atoms with van der Waals surface area (Å²) in [6, 6.07) is 9.21. The van der Waals surface area contributed by atoms with E-state index in [9.17, 15) is 0 Å². The molecule has 0 amide bonds. The zero-order valence-electron chi connectivity index (χ0n) is 9.41. The van der Waals surface area contributed by atoms with Crippen molar-refractivity contribution in [2.75, 3.05) is 5.32 Å². The number of rotatable bonds is 2. The van der Waals surface area contributed by atoms with Gasteiger partial charge < -0.3 is 5.32 Å². The van der Waals surface area contributed by atoms with E-state index in [1.54, 1.807) is 12.1 Å². The molecule has 1 aromatic carbocycles. The van der Waals surface area contributed by atoms with Crippen molar-refractivity contribution < 1.29 is 0 Å². The second-order valence-corrected chi connectivity index (χ2v) is 4.84. The number of benzene rings is 1. The van der Waals surface area contributed by atoms with Crippen LogP contribution in [0.1, 0.15) is 11.3 Å². The van der Waals surface area contributed by atoms with Crippen LogP contribution < -0.4 is 5.32 Å². The highest BCUT2D eigenvalue weighted by Crippen LogP contribution is 2.24. The number of nitrogens with one attached hydrogen (secondary N) is 1. The SMILES string of the molecule is Cc1cc(Nc2cc(Br)ccc2C#N)nc(Cl)n1. The summed E-state index contributed by atoms with van der Waals surface area (Å²) in [6.07, 6.45) is 0. The van der Waals surface area contributed by atoms with Gasteiger partial charge in [-0.05, 0) is 36.7 Å². The largest absolute Gasteiger partial charge is 0.339 e. The van der Waals surface area contributed by atoms with Crippen molar-refractivity contribution in [3.05, 3.63) is 45.3 Å². The van der Waals surface area contributed by atoms with E-state index in [0.717, 1.165) is 10.2 Å². The Bertz CT molecular complexity index is 616. The van der Waals surface area contributed by atoms with Crippen molar-refractivity contribution in [2.45, 2.75) is 6.92 Å².